The van der Waals surface area contributed by atoms with E-state index in [1.165, 1.54) is 0 Å². The van der Waals surface area contributed by atoms with Crippen molar-refractivity contribution in [2.24, 2.45) is 0 Å². The Morgan fingerprint density at radius 2 is 1.78 bits per heavy atom. The van der Waals surface area contributed by atoms with Crippen molar-refractivity contribution in [2.75, 3.05) is 27.7 Å². The van der Waals surface area contributed by atoms with Crippen molar-refractivity contribution in [2.45, 2.75) is 44.6 Å². The van der Waals surface area contributed by atoms with Gasteiger partial charge in [-0.2, -0.15) is 0 Å². The van der Waals surface area contributed by atoms with Crippen LogP contribution in [0.25, 0.3) is 0 Å². The van der Waals surface area contributed by atoms with Gasteiger partial charge in [-0.1, -0.05) is 19.8 Å². The van der Waals surface area contributed by atoms with Gasteiger partial charge >= 0.3 is 0 Å². The van der Waals surface area contributed by atoms with Crippen molar-refractivity contribution in [3.8, 4) is 0 Å². The molecule has 5 nitrogen and oxygen atoms in total. The molecule has 0 amide bonds. The Hall–Kier alpha value is -0.940. The maximum Gasteiger partial charge on any atom is 0.177 e. The summed E-state index contributed by atoms with van der Waals surface area (Å²) in [4.78, 5) is 22.7. The highest BCUT2D eigenvalue weighted by molar-refractivity contribution is 5.90. The fourth-order valence-electron chi connectivity index (χ4n) is 2.03. The number of quaternary nitrogens is 1. The Morgan fingerprint density at radius 3 is 2.17 bits per heavy atom. The van der Waals surface area contributed by atoms with Crippen LogP contribution in [0.4, 0.5) is 0 Å². The molecule has 0 aliphatic rings. The number of Topliss-reactive ketones (excluding diaryl/α,β-unsaturated/α-hetero) is 1. The van der Waals surface area contributed by atoms with Crippen LogP contribution in [-0.2, 0) is 9.59 Å². The number of carbonyl (C=O) groups is 2. The lowest BCUT2D eigenvalue weighted by molar-refractivity contribution is -0.875. The number of aliphatic carboxylic acids is 1. The molecule has 0 bridgehead atoms. The van der Waals surface area contributed by atoms with Crippen molar-refractivity contribution in [3.05, 3.63) is 0 Å². The van der Waals surface area contributed by atoms with Crippen LogP contribution < -0.4 is 5.11 Å². The number of hydrogen-bond acceptors (Lipinski definition) is 4. The Balaban J connectivity index is 4.74. The van der Waals surface area contributed by atoms with E-state index < -0.39 is 23.8 Å². The quantitative estimate of drug-likeness (QED) is 0.456. The van der Waals surface area contributed by atoms with E-state index in [-0.39, 0.29) is 13.0 Å². The van der Waals surface area contributed by atoms with Gasteiger partial charge in [-0.15, -0.1) is 0 Å². The molecule has 5 heteroatoms. The summed E-state index contributed by atoms with van der Waals surface area (Å²) >= 11 is 0. The third-order valence-corrected chi connectivity index (χ3v) is 2.70. The molecular formula is C13H25NO4. The fourth-order valence-corrected chi connectivity index (χ4v) is 2.03. The molecule has 1 atom stereocenters. The number of nitrogens with zero attached hydrogens (tertiary/aromatic N) is 1. The SMILES string of the molecule is CCCCCC(=O)C(O)(CC(=O)[O-])C[N+](C)(C)C. The molecule has 106 valence electrons. The standard InChI is InChI=1S/C13H25NO4/c1-5-6-7-8-11(15)13(18,9-12(16)17)10-14(2,3)4/h18H,5-10H2,1-4H3. The minimum absolute atomic E-state index is 0.0753. The molecule has 18 heavy (non-hydrogen) atoms. The Bertz CT molecular complexity index is 296. The molecule has 0 aromatic heterocycles. The zero-order valence-corrected chi connectivity index (χ0v) is 11.9. The summed E-state index contributed by atoms with van der Waals surface area (Å²) in [7, 11) is 5.42. The molecule has 0 aromatic carbocycles. The average molecular weight is 259 g/mol. The van der Waals surface area contributed by atoms with Gasteiger partial charge in [0.05, 0.1) is 21.1 Å². The van der Waals surface area contributed by atoms with Gasteiger partial charge in [0.1, 0.15) is 6.54 Å². The molecule has 1 N–H and O–H groups in total. The number of likely N-dealkylation sites (N-methyl/N-ethyl adjacent to an activating group) is 1. The smallest absolute Gasteiger partial charge is 0.177 e. The second kappa shape index (κ2) is 6.85. The summed E-state index contributed by atoms with van der Waals surface area (Å²) in [5.74, 6) is -1.79. The third-order valence-electron chi connectivity index (χ3n) is 2.70. The highest BCUT2D eigenvalue weighted by Crippen LogP contribution is 2.19. The van der Waals surface area contributed by atoms with Gasteiger partial charge in [0.2, 0.25) is 0 Å². The van der Waals surface area contributed by atoms with E-state index >= 15 is 0 Å². The van der Waals surface area contributed by atoms with Crippen LogP contribution in [0.3, 0.4) is 0 Å². The first-order valence-corrected chi connectivity index (χ1v) is 6.37. The molecule has 0 rings (SSSR count). The Labute approximate surface area is 109 Å². The van der Waals surface area contributed by atoms with Crippen LogP contribution in [0.1, 0.15) is 39.0 Å². The third kappa shape index (κ3) is 6.71. The fraction of sp³-hybridized carbons (Fsp3) is 0.846. The van der Waals surface area contributed by atoms with Crippen molar-refractivity contribution in [1.82, 2.24) is 0 Å². The van der Waals surface area contributed by atoms with Gasteiger partial charge in [0, 0.05) is 18.8 Å². The zero-order chi connectivity index (χ0) is 14.4. The Kier molecular flexibility index (Phi) is 6.49. The zero-order valence-electron chi connectivity index (χ0n) is 11.9. The lowest BCUT2D eigenvalue weighted by Gasteiger charge is -2.34. The molecule has 1 unspecified atom stereocenters. The van der Waals surface area contributed by atoms with Crippen LogP contribution in [0.2, 0.25) is 0 Å². The van der Waals surface area contributed by atoms with Crippen LogP contribution in [0.5, 0.6) is 0 Å². The molecule has 0 saturated carbocycles. The monoisotopic (exact) mass is 259 g/mol. The van der Waals surface area contributed by atoms with E-state index in [2.05, 4.69) is 0 Å². The topological polar surface area (TPSA) is 77.4 Å². The minimum atomic E-state index is -1.81. The molecule has 0 heterocycles. The normalized spacial score (nSPS) is 15.2. The lowest BCUT2D eigenvalue weighted by atomic mass is 9.90. The first-order chi connectivity index (χ1) is 8.10. The van der Waals surface area contributed by atoms with Crippen LogP contribution >= 0.6 is 0 Å². The molecule has 0 aliphatic heterocycles. The Morgan fingerprint density at radius 1 is 1.22 bits per heavy atom. The van der Waals surface area contributed by atoms with Gasteiger partial charge in [-0.25, -0.2) is 0 Å². The molecule has 0 spiro atoms. The minimum Gasteiger partial charge on any atom is -0.550 e. The van der Waals surface area contributed by atoms with E-state index in [4.69, 9.17) is 0 Å². The maximum absolute atomic E-state index is 12.0. The summed E-state index contributed by atoms with van der Waals surface area (Å²) in [5, 5.41) is 21.0. The molecular weight excluding hydrogens is 234 g/mol. The second-order valence-corrected chi connectivity index (χ2v) is 5.91. The molecule has 0 radical (unpaired) electrons. The van der Waals surface area contributed by atoms with Crippen molar-refractivity contribution in [1.29, 1.82) is 0 Å². The van der Waals surface area contributed by atoms with Crippen molar-refractivity contribution >= 4 is 11.8 Å². The molecule has 0 saturated heterocycles. The van der Waals surface area contributed by atoms with Gasteiger partial charge in [-0.3, -0.25) is 4.79 Å². The van der Waals surface area contributed by atoms with Crippen LogP contribution in [-0.4, -0.2) is 54.6 Å². The van der Waals surface area contributed by atoms with Gasteiger partial charge in [0.25, 0.3) is 0 Å². The number of aliphatic hydroxyl groups is 1. The van der Waals surface area contributed by atoms with Crippen molar-refractivity contribution in [3.63, 3.8) is 0 Å². The number of carboxylic acids is 1. The summed E-state index contributed by atoms with van der Waals surface area (Å²) < 4.78 is 0.323. The summed E-state index contributed by atoms with van der Waals surface area (Å²) in [6.45, 7) is 2.09. The number of ketones is 1. The highest BCUT2D eigenvalue weighted by atomic mass is 16.4. The average Bonchev–Trinajstić information content (AvgIpc) is 2.13. The molecule has 0 aliphatic carbocycles. The summed E-state index contributed by atoms with van der Waals surface area (Å²) in [6, 6.07) is 0. The summed E-state index contributed by atoms with van der Waals surface area (Å²) in [6.07, 6.45) is 2.14. The van der Waals surface area contributed by atoms with Gasteiger partial charge < -0.3 is 19.5 Å². The van der Waals surface area contributed by atoms with E-state index in [1.807, 2.05) is 6.92 Å². The number of carbonyl (C=O) groups excluding carboxylic acids is 2. The largest absolute Gasteiger partial charge is 0.550 e. The van der Waals surface area contributed by atoms with Gasteiger partial charge in [0.15, 0.2) is 11.4 Å². The number of unbranched alkanes of at least 4 members (excludes halogenated alkanes) is 2. The summed E-state index contributed by atoms with van der Waals surface area (Å²) in [5.41, 5.74) is -1.81. The molecule has 0 aromatic rings. The van der Waals surface area contributed by atoms with E-state index in [1.54, 1.807) is 21.1 Å². The van der Waals surface area contributed by atoms with E-state index in [9.17, 15) is 19.8 Å². The first-order valence-electron chi connectivity index (χ1n) is 6.37. The maximum atomic E-state index is 12.0. The predicted octanol–water partition coefficient (Wildman–Crippen LogP) is -0.287. The first kappa shape index (κ1) is 17.1. The highest BCUT2D eigenvalue weighted by Gasteiger charge is 2.40. The number of carboxylic acid groups (broad SMARTS) is 1. The number of hydrogen-bond donors (Lipinski definition) is 1. The van der Waals surface area contributed by atoms with Crippen molar-refractivity contribution < 1.29 is 24.3 Å². The van der Waals surface area contributed by atoms with Crippen LogP contribution in [0.15, 0.2) is 0 Å². The van der Waals surface area contributed by atoms with Crippen LogP contribution in [0, 0.1) is 0 Å². The van der Waals surface area contributed by atoms with E-state index in [0.717, 1.165) is 12.8 Å². The number of rotatable bonds is 9. The van der Waals surface area contributed by atoms with E-state index in [0.29, 0.717) is 10.9 Å². The predicted molar refractivity (Wildman–Crippen MR) is 66.6 cm³/mol. The van der Waals surface area contributed by atoms with Gasteiger partial charge in [-0.05, 0) is 6.42 Å². The molecule has 0 fully saturated rings. The lowest BCUT2D eigenvalue weighted by Crippen LogP contribution is -2.56. The second-order valence-electron chi connectivity index (χ2n) is 5.91.